The van der Waals surface area contributed by atoms with Crippen molar-refractivity contribution in [3.8, 4) is 11.3 Å². The highest BCUT2D eigenvalue weighted by atomic mass is 19.1. The molecule has 4 heterocycles. The Bertz CT molecular complexity index is 1250. The molecule has 2 aliphatic heterocycles. The Kier molecular flexibility index (Phi) is 6.08. The quantitative estimate of drug-likeness (QED) is 0.572. The number of nitrogens with zero attached hydrogens (tertiary/aromatic N) is 5. The molecular formula is C26H27F2N5O2. The summed E-state index contributed by atoms with van der Waals surface area (Å²) in [5.41, 5.74) is 1.44. The van der Waals surface area contributed by atoms with Gasteiger partial charge in [0.1, 0.15) is 23.7 Å². The number of aryl methyl sites for hydroxylation is 1. The van der Waals surface area contributed by atoms with Gasteiger partial charge in [-0.3, -0.25) is 19.3 Å². The normalized spacial score (nSPS) is 17.2. The number of aromatic nitrogens is 3. The fraction of sp³-hybridized carbons (Fsp3) is 0.385. The van der Waals surface area contributed by atoms with Crippen LogP contribution in [0.25, 0.3) is 11.3 Å². The first kappa shape index (κ1) is 23.1. The Morgan fingerprint density at radius 1 is 0.971 bits per heavy atom. The van der Waals surface area contributed by atoms with Crippen molar-refractivity contribution in [2.75, 3.05) is 26.2 Å². The van der Waals surface area contributed by atoms with Gasteiger partial charge in [0.25, 0.3) is 5.91 Å². The van der Waals surface area contributed by atoms with Gasteiger partial charge in [-0.05, 0) is 61.4 Å². The number of hydrogen-bond donors (Lipinski definition) is 0. The van der Waals surface area contributed by atoms with Gasteiger partial charge in [-0.25, -0.2) is 8.78 Å². The number of halogens is 2. The van der Waals surface area contributed by atoms with Crippen LogP contribution in [0.2, 0.25) is 0 Å². The predicted octanol–water partition coefficient (Wildman–Crippen LogP) is 3.69. The number of hydrogen-bond acceptors (Lipinski definition) is 4. The Labute approximate surface area is 202 Å². The average molecular weight is 480 g/mol. The van der Waals surface area contributed by atoms with E-state index < -0.39 is 23.1 Å². The van der Waals surface area contributed by atoms with Crippen molar-refractivity contribution in [2.45, 2.75) is 32.7 Å². The third kappa shape index (κ3) is 4.54. The molecule has 2 amide bonds. The molecule has 1 aromatic carbocycles. The zero-order chi connectivity index (χ0) is 24.6. The number of carbonyl (C=O) groups is 2. The first-order valence-corrected chi connectivity index (χ1v) is 11.8. The predicted molar refractivity (Wildman–Crippen MR) is 125 cm³/mol. The Morgan fingerprint density at radius 2 is 1.66 bits per heavy atom. The zero-order valence-corrected chi connectivity index (χ0v) is 19.6. The molecule has 0 N–H and O–H groups in total. The summed E-state index contributed by atoms with van der Waals surface area (Å²) in [5.74, 6) is -2.22. The van der Waals surface area contributed by atoms with E-state index >= 15 is 0 Å². The molecule has 2 saturated heterocycles. The standard InChI is InChI=1S/C26H27F2N5O2/c1-18-2-3-20(27)23(24(18)28)25(35)31-13-7-26(8-14-31)9-15-32(17-26)22(34)16-33-12-6-21(30-33)19-4-10-29-11-5-19/h2-6,10-12H,7-9,13-17H2,1H3. The summed E-state index contributed by atoms with van der Waals surface area (Å²) in [5, 5.41) is 4.51. The fourth-order valence-electron chi connectivity index (χ4n) is 5.12. The van der Waals surface area contributed by atoms with Gasteiger partial charge in [-0.15, -0.1) is 0 Å². The van der Waals surface area contributed by atoms with Gasteiger partial charge < -0.3 is 9.80 Å². The van der Waals surface area contributed by atoms with Crippen LogP contribution < -0.4 is 0 Å². The van der Waals surface area contributed by atoms with Crippen molar-refractivity contribution >= 4 is 11.8 Å². The Balaban J connectivity index is 1.18. The number of pyridine rings is 1. The van der Waals surface area contributed by atoms with Crippen LogP contribution in [-0.4, -0.2) is 62.6 Å². The molecule has 2 aliphatic rings. The minimum atomic E-state index is -0.832. The molecule has 0 saturated carbocycles. The maximum atomic E-state index is 14.4. The van der Waals surface area contributed by atoms with E-state index in [0.717, 1.165) is 23.7 Å². The summed E-state index contributed by atoms with van der Waals surface area (Å²) in [6, 6.07) is 8.09. The molecule has 0 aliphatic carbocycles. The van der Waals surface area contributed by atoms with E-state index in [1.165, 1.54) is 17.9 Å². The summed E-state index contributed by atoms with van der Waals surface area (Å²) in [6.45, 7) is 3.80. The van der Waals surface area contributed by atoms with E-state index in [1.54, 1.807) is 23.3 Å². The number of likely N-dealkylation sites (tertiary alicyclic amines) is 2. The lowest BCUT2D eigenvalue weighted by atomic mass is 9.77. The lowest BCUT2D eigenvalue weighted by molar-refractivity contribution is -0.131. The summed E-state index contributed by atoms with van der Waals surface area (Å²) >= 11 is 0. The smallest absolute Gasteiger partial charge is 0.259 e. The number of piperidine rings is 1. The molecule has 0 bridgehead atoms. The van der Waals surface area contributed by atoms with Gasteiger partial charge in [0.15, 0.2) is 0 Å². The van der Waals surface area contributed by atoms with Crippen LogP contribution in [0.15, 0.2) is 48.9 Å². The van der Waals surface area contributed by atoms with E-state index in [-0.39, 0.29) is 23.4 Å². The number of rotatable bonds is 4. The molecule has 0 unspecified atom stereocenters. The highest BCUT2D eigenvalue weighted by Gasteiger charge is 2.43. The van der Waals surface area contributed by atoms with Crippen molar-refractivity contribution in [1.82, 2.24) is 24.6 Å². The van der Waals surface area contributed by atoms with Gasteiger partial charge in [-0.2, -0.15) is 5.10 Å². The maximum Gasteiger partial charge on any atom is 0.259 e. The van der Waals surface area contributed by atoms with Gasteiger partial charge in [0, 0.05) is 50.3 Å². The Morgan fingerprint density at radius 3 is 2.37 bits per heavy atom. The molecule has 2 aromatic heterocycles. The summed E-state index contributed by atoms with van der Waals surface area (Å²) in [6.07, 6.45) is 7.46. The first-order chi connectivity index (χ1) is 16.8. The fourth-order valence-corrected chi connectivity index (χ4v) is 5.12. The lowest BCUT2D eigenvalue weighted by Crippen LogP contribution is -2.45. The second-order valence-electron chi connectivity index (χ2n) is 9.55. The van der Waals surface area contributed by atoms with E-state index in [4.69, 9.17) is 0 Å². The van der Waals surface area contributed by atoms with Crippen molar-refractivity contribution in [2.24, 2.45) is 5.41 Å². The third-order valence-electron chi connectivity index (χ3n) is 7.31. The summed E-state index contributed by atoms with van der Waals surface area (Å²) < 4.78 is 30.3. The van der Waals surface area contributed by atoms with Crippen molar-refractivity contribution in [1.29, 1.82) is 0 Å². The van der Waals surface area contributed by atoms with E-state index in [9.17, 15) is 18.4 Å². The highest BCUT2D eigenvalue weighted by Crippen LogP contribution is 2.41. The Hall–Kier alpha value is -3.62. The van der Waals surface area contributed by atoms with Crippen LogP contribution in [0.4, 0.5) is 8.78 Å². The molecule has 0 atom stereocenters. The van der Waals surface area contributed by atoms with Crippen LogP contribution in [0.3, 0.4) is 0 Å². The number of benzene rings is 1. The van der Waals surface area contributed by atoms with Crippen LogP contribution >= 0.6 is 0 Å². The summed E-state index contributed by atoms with van der Waals surface area (Å²) in [7, 11) is 0. The molecule has 35 heavy (non-hydrogen) atoms. The van der Waals surface area contributed by atoms with Crippen LogP contribution in [-0.2, 0) is 11.3 Å². The van der Waals surface area contributed by atoms with Crippen molar-refractivity contribution in [3.05, 3.63) is 71.7 Å². The largest absolute Gasteiger partial charge is 0.341 e. The first-order valence-electron chi connectivity index (χ1n) is 11.8. The molecule has 2 fully saturated rings. The molecule has 5 rings (SSSR count). The van der Waals surface area contributed by atoms with Gasteiger partial charge in [-0.1, -0.05) is 6.07 Å². The monoisotopic (exact) mass is 479 g/mol. The highest BCUT2D eigenvalue weighted by molar-refractivity contribution is 5.95. The van der Waals surface area contributed by atoms with Crippen LogP contribution in [0.1, 0.15) is 35.2 Å². The van der Waals surface area contributed by atoms with Gasteiger partial charge in [0.2, 0.25) is 5.91 Å². The van der Waals surface area contributed by atoms with Crippen LogP contribution in [0, 0.1) is 24.0 Å². The third-order valence-corrected chi connectivity index (χ3v) is 7.31. The SMILES string of the molecule is Cc1ccc(F)c(C(=O)N2CCC3(CCN(C(=O)Cn4ccc(-c5ccncc5)n4)C3)CC2)c1F. The minimum Gasteiger partial charge on any atom is -0.341 e. The van der Waals surface area contributed by atoms with E-state index in [1.807, 2.05) is 23.1 Å². The molecule has 1 spiro atoms. The lowest BCUT2D eigenvalue weighted by Gasteiger charge is -2.39. The molecule has 7 nitrogen and oxygen atoms in total. The molecule has 3 aromatic rings. The molecule has 182 valence electrons. The van der Waals surface area contributed by atoms with Gasteiger partial charge >= 0.3 is 0 Å². The minimum absolute atomic E-state index is 0.00802. The zero-order valence-electron chi connectivity index (χ0n) is 19.6. The van der Waals surface area contributed by atoms with Gasteiger partial charge in [0.05, 0.1) is 5.69 Å². The second-order valence-corrected chi connectivity index (χ2v) is 9.55. The van der Waals surface area contributed by atoms with E-state index in [2.05, 4.69) is 10.1 Å². The average Bonchev–Trinajstić information content (AvgIpc) is 3.50. The number of amides is 2. The molecule has 0 radical (unpaired) electrons. The van der Waals surface area contributed by atoms with E-state index in [0.29, 0.717) is 39.0 Å². The van der Waals surface area contributed by atoms with Crippen molar-refractivity contribution in [3.63, 3.8) is 0 Å². The van der Waals surface area contributed by atoms with Crippen LogP contribution in [0.5, 0.6) is 0 Å². The second kappa shape index (κ2) is 9.20. The molecule has 9 heteroatoms. The molecular weight excluding hydrogens is 452 g/mol. The number of carbonyl (C=O) groups excluding carboxylic acids is 2. The van der Waals surface area contributed by atoms with Crippen molar-refractivity contribution < 1.29 is 18.4 Å². The summed E-state index contributed by atoms with van der Waals surface area (Å²) in [4.78, 5) is 33.2. The maximum absolute atomic E-state index is 14.4. The topological polar surface area (TPSA) is 71.3 Å².